The molecule has 1 rings (SSSR count). The van der Waals surface area contributed by atoms with Crippen LogP contribution in [0.15, 0.2) is 0 Å². The highest BCUT2D eigenvalue weighted by molar-refractivity contribution is 4.87. The normalized spacial score (nSPS) is 24.2. The van der Waals surface area contributed by atoms with Gasteiger partial charge in [0.1, 0.15) is 0 Å². The zero-order valence-corrected chi connectivity index (χ0v) is 14.0. The molecule has 0 amide bonds. The van der Waals surface area contributed by atoms with Crippen LogP contribution in [0.5, 0.6) is 0 Å². The van der Waals surface area contributed by atoms with Gasteiger partial charge in [0.15, 0.2) is 0 Å². The van der Waals surface area contributed by atoms with Gasteiger partial charge in [0.05, 0.1) is 0 Å². The van der Waals surface area contributed by atoms with Crippen molar-refractivity contribution in [2.24, 2.45) is 5.41 Å². The highest BCUT2D eigenvalue weighted by Crippen LogP contribution is 2.23. The first-order valence-electron chi connectivity index (χ1n) is 8.42. The molecule has 0 bridgehead atoms. The Hall–Kier alpha value is -0.0800. The smallest absolute Gasteiger partial charge is 0.0243 e. The van der Waals surface area contributed by atoms with Crippen molar-refractivity contribution >= 4 is 0 Å². The van der Waals surface area contributed by atoms with Crippen molar-refractivity contribution in [3.05, 3.63) is 0 Å². The van der Waals surface area contributed by atoms with Crippen LogP contribution >= 0.6 is 0 Å². The summed E-state index contributed by atoms with van der Waals surface area (Å²) in [4.78, 5) is 2.72. The summed E-state index contributed by atoms with van der Waals surface area (Å²) in [5.74, 6) is 0. The molecule has 0 radical (unpaired) electrons. The van der Waals surface area contributed by atoms with E-state index in [0.29, 0.717) is 11.5 Å². The largest absolute Gasteiger partial charge is 0.312 e. The minimum absolute atomic E-state index is 0.366. The van der Waals surface area contributed by atoms with Gasteiger partial charge < -0.3 is 5.32 Å². The van der Waals surface area contributed by atoms with Gasteiger partial charge in [0, 0.05) is 18.6 Å². The van der Waals surface area contributed by atoms with Crippen molar-refractivity contribution in [3.63, 3.8) is 0 Å². The molecule has 0 saturated carbocycles. The van der Waals surface area contributed by atoms with Gasteiger partial charge in [-0.05, 0) is 38.3 Å². The van der Waals surface area contributed by atoms with Crippen molar-refractivity contribution in [2.45, 2.75) is 85.2 Å². The molecular weight excluding hydrogens is 232 g/mol. The van der Waals surface area contributed by atoms with Crippen LogP contribution in [0, 0.1) is 5.41 Å². The minimum Gasteiger partial charge on any atom is -0.312 e. The number of nitrogens with zero attached hydrogens (tertiary/aromatic N) is 1. The maximum Gasteiger partial charge on any atom is 0.0243 e. The van der Waals surface area contributed by atoms with Gasteiger partial charge in [-0.1, -0.05) is 53.4 Å². The van der Waals surface area contributed by atoms with E-state index in [9.17, 15) is 0 Å². The Kier molecular flexibility index (Phi) is 7.38. The first-order chi connectivity index (χ1) is 8.95. The molecule has 19 heavy (non-hydrogen) atoms. The van der Waals surface area contributed by atoms with Gasteiger partial charge in [-0.25, -0.2) is 0 Å². The lowest BCUT2D eigenvalue weighted by Gasteiger charge is -2.36. The highest BCUT2D eigenvalue weighted by Gasteiger charge is 2.29. The third kappa shape index (κ3) is 6.27. The second kappa shape index (κ2) is 8.26. The summed E-state index contributed by atoms with van der Waals surface area (Å²) in [5, 5.41) is 3.74. The predicted molar refractivity (Wildman–Crippen MR) is 85.7 cm³/mol. The first kappa shape index (κ1) is 17.0. The molecule has 2 atom stereocenters. The molecule has 2 nitrogen and oxygen atoms in total. The van der Waals surface area contributed by atoms with Gasteiger partial charge in [-0.2, -0.15) is 0 Å². The molecular formula is C17H36N2. The topological polar surface area (TPSA) is 15.3 Å². The zero-order chi connectivity index (χ0) is 14.3. The Morgan fingerprint density at radius 2 is 1.95 bits per heavy atom. The molecule has 2 heteroatoms. The van der Waals surface area contributed by atoms with Gasteiger partial charge in [0.2, 0.25) is 0 Å². The summed E-state index contributed by atoms with van der Waals surface area (Å²) in [7, 11) is 0. The van der Waals surface area contributed by atoms with E-state index in [1.165, 1.54) is 58.2 Å². The van der Waals surface area contributed by atoms with Crippen LogP contribution < -0.4 is 5.32 Å². The number of rotatable bonds is 6. The fourth-order valence-electron chi connectivity index (χ4n) is 2.98. The van der Waals surface area contributed by atoms with Crippen LogP contribution in [0.4, 0.5) is 0 Å². The third-order valence-corrected chi connectivity index (χ3v) is 4.57. The molecule has 0 spiro atoms. The summed E-state index contributed by atoms with van der Waals surface area (Å²) in [6.07, 6.45) is 8.23. The van der Waals surface area contributed by atoms with E-state index in [2.05, 4.69) is 44.8 Å². The Morgan fingerprint density at radius 1 is 1.21 bits per heavy atom. The Morgan fingerprint density at radius 3 is 2.58 bits per heavy atom. The van der Waals surface area contributed by atoms with Crippen LogP contribution in [-0.2, 0) is 0 Å². The molecule has 1 N–H and O–H groups in total. The lowest BCUT2D eigenvalue weighted by atomic mass is 9.86. The Bertz CT molecular complexity index is 232. The van der Waals surface area contributed by atoms with E-state index >= 15 is 0 Å². The molecule has 0 aromatic heterocycles. The number of hydrogen-bond acceptors (Lipinski definition) is 2. The van der Waals surface area contributed by atoms with Gasteiger partial charge >= 0.3 is 0 Å². The molecule has 0 aromatic carbocycles. The maximum atomic E-state index is 3.74. The standard InChI is InChI=1S/C17H36N2/c1-6-7-8-9-11-15(2)19-13-10-12-18-16(14-19)17(3,4)5/h15-16,18H,6-14H2,1-5H3. The molecule has 114 valence electrons. The van der Waals surface area contributed by atoms with Gasteiger partial charge in [-0.15, -0.1) is 0 Å². The van der Waals surface area contributed by atoms with E-state index in [1.807, 2.05) is 0 Å². The fraction of sp³-hybridized carbons (Fsp3) is 1.00. The SMILES string of the molecule is CCCCCCC(C)N1CCCNC(C(C)(C)C)C1. The Labute approximate surface area is 121 Å². The van der Waals surface area contributed by atoms with Crippen LogP contribution in [0.25, 0.3) is 0 Å². The molecule has 0 aromatic rings. The van der Waals surface area contributed by atoms with E-state index in [-0.39, 0.29) is 0 Å². The molecule has 1 fully saturated rings. The lowest BCUT2D eigenvalue weighted by Crippen LogP contribution is -2.48. The molecule has 1 heterocycles. The maximum absolute atomic E-state index is 3.74. The average molecular weight is 268 g/mol. The van der Waals surface area contributed by atoms with Gasteiger partial charge in [0.25, 0.3) is 0 Å². The summed E-state index contributed by atoms with van der Waals surface area (Å²) in [6.45, 7) is 15.5. The number of nitrogens with one attached hydrogen (secondary N) is 1. The quantitative estimate of drug-likeness (QED) is 0.731. The van der Waals surface area contributed by atoms with Crippen molar-refractivity contribution in [1.29, 1.82) is 0 Å². The molecule has 0 aliphatic carbocycles. The predicted octanol–water partition coefficient (Wildman–Crippen LogP) is 4.06. The summed E-state index contributed by atoms with van der Waals surface area (Å²) < 4.78 is 0. The molecule has 2 unspecified atom stereocenters. The van der Waals surface area contributed by atoms with Crippen LogP contribution in [0.1, 0.15) is 73.1 Å². The van der Waals surface area contributed by atoms with E-state index < -0.39 is 0 Å². The van der Waals surface area contributed by atoms with Crippen molar-refractivity contribution in [2.75, 3.05) is 19.6 Å². The number of hydrogen-bond donors (Lipinski definition) is 1. The summed E-state index contributed by atoms with van der Waals surface area (Å²) >= 11 is 0. The second-order valence-electron chi connectivity index (χ2n) is 7.42. The first-order valence-corrected chi connectivity index (χ1v) is 8.42. The third-order valence-electron chi connectivity index (χ3n) is 4.57. The average Bonchev–Trinajstić information content (AvgIpc) is 2.59. The second-order valence-corrected chi connectivity index (χ2v) is 7.42. The van der Waals surface area contributed by atoms with Crippen molar-refractivity contribution < 1.29 is 0 Å². The molecule has 1 aliphatic heterocycles. The minimum atomic E-state index is 0.366. The Balaban J connectivity index is 2.41. The molecule has 1 saturated heterocycles. The fourth-order valence-corrected chi connectivity index (χ4v) is 2.98. The van der Waals surface area contributed by atoms with Crippen molar-refractivity contribution in [3.8, 4) is 0 Å². The van der Waals surface area contributed by atoms with Gasteiger partial charge in [-0.3, -0.25) is 4.90 Å². The van der Waals surface area contributed by atoms with E-state index in [4.69, 9.17) is 0 Å². The molecule has 1 aliphatic rings. The van der Waals surface area contributed by atoms with Crippen LogP contribution in [0.2, 0.25) is 0 Å². The van der Waals surface area contributed by atoms with E-state index in [1.54, 1.807) is 0 Å². The number of unbranched alkanes of at least 4 members (excludes halogenated alkanes) is 3. The van der Waals surface area contributed by atoms with Crippen LogP contribution in [-0.4, -0.2) is 36.6 Å². The highest BCUT2D eigenvalue weighted by atomic mass is 15.2. The van der Waals surface area contributed by atoms with Crippen molar-refractivity contribution in [1.82, 2.24) is 10.2 Å². The monoisotopic (exact) mass is 268 g/mol. The summed E-state index contributed by atoms with van der Waals surface area (Å²) in [5.41, 5.74) is 0.366. The summed E-state index contributed by atoms with van der Waals surface area (Å²) in [6, 6.07) is 1.38. The zero-order valence-electron chi connectivity index (χ0n) is 14.0. The van der Waals surface area contributed by atoms with Crippen LogP contribution in [0.3, 0.4) is 0 Å². The lowest BCUT2D eigenvalue weighted by molar-refractivity contribution is 0.154. The van der Waals surface area contributed by atoms with E-state index in [0.717, 1.165) is 6.04 Å².